The van der Waals surface area contributed by atoms with Gasteiger partial charge in [0.1, 0.15) is 0 Å². The van der Waals surface area contributed by atoms with Crippen LogP contribution >= 0.6 is 0 Å². The summed E-state index contributed by atoms with van der Waals surface area (Å²) in [5.41, 5.74) is 1.25. The minimum atomic E-state index is -1.13. The van der Waals surface area contributed by atoms with Crippen LogP contribution in [-0.2, 0) is 9.47 Å². The summed E-state index contributed by atoms with van der Waals surface area (Å²) >= 11 is 0. The molecule has 0 amide bonds. The molecule has 1 atom stereocenters. The quantitative estimate of drug-likeness (QED) is 0.561. The Morgan fingerprint density at radius 2 is 1.81 bits per heavy atom. The van der Waals surface area contributed by atoms with E-state index in [4.69, 9.17) is 14.6 Å². The van der Waals surface area contributed by atoms with Gasteiger partial charge in [-0.05, 0) is 53.0 Å². The molecule has 0 bridgehead atoms. The Labute approximate surface area is 131 Å². The maximum atomic E-state index is 9.07. The second-order valence-corrected chi connectivity index (χ2v) is 13.8. The van der Waals surface area contributed by atoms with Crippen molar-refractivity contribution in [2.24, 2.45) is 0 Å². The molecule has 0 aromatic carbocycles. The number of aliphatic hydroxyl groups excluding tert-OH is 1. The van der Waals surface area contributed by atoms with Crippen LogP contribution in [0.15, 0.2) is 11.6 Å². The molecule has 1 fully saturated rings. The van der Waals surface area contributed by atoms with Gasteiger partial charge >= 0.3 is 0 Å². The standard InChI is InChI=1S/C17H34O3Si/c1-16(2)15(19-17(3,4)20-16)11-10-14(9-8-12-18)13-21(5,6)7/h9,15,18H,8,10-13H2,1-7H3/b14-9-. The smallest absolute Gasteiger partial charge is 0.164 e. The molecular weight excluding hydrogens is 280 g/mol. The SMILES string of the molecule is CC1(C)OC(CC/C(=C/CCO)C[Si](C)(C)C)C(C)(C)O1. The molecule has 1 heterocycles. The highest BCUT2D eigenvalue weighted by Gasteiger charge is 2.46. The van der Waals surface area contributed by atoms with E-state index in [2.05, 4.69) is 39.6 Å². The lowest BCUT2D eigenvalue weighted by molar-refractivity contribution is -0.157. The minimum absolute atomic E-state index is 0.131. The summed E-state index contributed by atoms with van der Waals surface area (Å²) < 4.78 is 12.1. The Balaban J connectivity index is 2.65. The van der Waals surface area contributed by atoms with Gasteiger partial charge in [0.05, 0.1) is 11.7 Å². The Hall–Kier alpha value is -0.163. The van der Waals surface area contributed by atoms with Crippen molar-refractivity contribution in [2.45, 2.75) is 90.1 Å². The van der Waals surface area contributed by atoms with Crippen LogP contribution in [0.5, 0.6) is 0 Å². The molecule has 0 saturated carbocycles. The average molecular weight is 315 g/mol. The predicted octanol–water partition coefficient (Wildman–Crippen LogP) is 4.34. The molecule has 0 aromatic rings. The summed E-state index contributed by atoms with van der Waals surface area (Å²) in [6.45, 7) is 15.6. The van der Waals surface area contributed by atoms with E-state index >= 15 is 0 Å². The number of hydrogen-bond acceptors (Lipinski definition) is 3. The van der Waals surface area contributed by atoms with Gasteiger partial charge in [0.25, 0.3) is 0 Å². The van der Waals surface area contributed by atoms with Crippen LogP contribution < -0.4 is 0 Å². The first kappa shape index (κ1) is 18.9. The maximum Gasteiger partial charge on any atom is 0.164 e. The largest absolute Gasteiger partial charge is 0.396 e. The summed E-state index contributed by atoms with van der Waals surface area (Å²) in [7, 11) is -1.13. The summed E-state index contributed by atoms with van der Waals surface area (Å²) in [6.07, 6.45) is 5.14. The minimum Gasteiger partial charge on any atom is -0.396 e. The van der Waals surface area contributed by atoms with Gasteiger partial charge < -0.3 is 14.6 Å². The molecule has 1 aliphatic rings. The van der Waals surface area contributed by atoms with Gasteiger partial charge in [-0.2, -0.15) is 0 Å². The first-order chi connectivity index (χ1) is 9.45. The fraction of sp³-hybridized carbons (Fsp3) is 0.882. The molecule has 1 rings (SSSR count). The molecule has 3 nitrogen and oxygen atoms in total. The van der Waals surface area contributed by atoms with E-state index in [9.17, 15) is 0 Å². The van der Waals surface area contributed by atoms with Crippen molar-refractivity contribution >= 4 is 8.07 Å². The third-order valence-corrected chi connectivity index (χ3v) is 5.27. The Morgan fingerprint density at radius 3 is 2.24 bits per heavy atom. The summed E-state index contributed by atoms with van der Waals surface area (Å²) in [6, 6.07) is 1.20. The highest BCUT2D eigenvalue weighted by molar-refractivity contribution is 6.76. The molecule has 1 saturated heterocycles. The molecule has 4 heteroatoms. The van der Waals surface area contributed by atoms with Crippen LogP contribution in [0.25, 0.3) is 0 Å². The lowest BCUT2D eigenvalue weighted by Gasteiger charge is -2.25. The number of aliphatic hydroxyl groups is 1. The van der Waals surface area contributed by atoms with Crippen molar-refractivity contribution in [3.63, 3.8) is 0 Å². The Bertz CT molecular complexity index is 367. The average Bonchev–Trinajstić information content (AvgIpc) is 2.48. The summed E-state index contributed by atoms with van der Waals surface area (Å²) in [4.78, 5) is 0. The molecule has 1 unspecified atom stereocenters. The molecular formula is C17H34O3Si. The second-order valence-electron chi connectivity index (χ2n) is 8.36. The van der Waals surface area contributed by atoms with Gasteiger partial charge in [-0.1, -0.05) is 31.3 Å². The number of ether oxygens (including phenoxy) is 2. The van der Waals surface area contributed by atoms with E-state index in [0.717, 1.165) is 19.3 Å². The number of rotatable bonds is 7. The Kier molecular flexibility index (Phi) is 6.24. The van der Waals surface area contributed by atoms with Crippen molar-refractivity contribution < 1.29 is 14.6 Å². The van der Waals surface area contributed by atoms with E-state index in [0.29, 0.717) is 0 Å². The number of allylic oxidation sites excluding steroid dienone is 1. The van der Waals surface area contributed by atoms with Crippen LogP contribution in [0.2, 0.25) is 25.7 Å². The molecule has 0 aromatic heterocycles. The summed E-state index contributed by atoms with van der Waals surface area (Å²) in [5, 5.41) is 9.07. The maximum absolute atomic E-state index is 9.07. The van der Waals surface area contributed by atoms with Crippen LogP contribution in [0.3, 0.4) is 0 Å². The van der Waals surface area contributed by atoms with E-state index in [1.807, 2.05) is 13.8 Å². The third kappa shape index (κ3) is 6.64. The van der Waals surface area contributed by atoms with Crippen molar-refractivity contribution in [3.8, 4) is 0 Å². The van der Waals surface area contributed by atoms with E-state index in [1.54, 1.807) is 0 Å². The fourth-order valence-electron chi connectivity index (χ4n) is 3.14. The van der Waals surface area contributed by atoms with Gasteiger partial charge in [0, 0.05) is 14.7 Å². The van der Waals surface area contributed by atoms with Crippen molar-refractivity contribution in [3.05, 3.63) is 11.6 Å². The van der Waals surface area contributed by atoms with Gasteiger partial charge in [-0.3, -0.25) is 0 Å². The molecule has 1 N–H and O–H groups in total. The van der Waals surface area contributed by atoms with Crippen molar-refractivity contribution in [1.82, 2.24) is 0 Å². The van der Waals surface area contributed by atoms with Gasteiger partial charge in [-0.15, -0.1) is 0 Å². The monoisotopic (exact) mass is 314 g/mol. The van der Waals surface area contributed by atoms with Gasteiger partial charge in [-0.25, -0.2) is 0 Å². The van der Waals surface area contributed by atoms with E-state index in [-0.39, 0.29) is 18.3 Å². The fourth-order valence-corrected chi connectivity index (χ4v) is 4.83. The lowest BCUT2D eigenvalue weighted by Crippen LogP contribution is -2.33. The molecule has 1 aliphatic heterocycles. The van der Waals surface area contributed by atoms with Crippen LogP contribution in [0.4, 0.5) is 0 Å². The van der Waals surface area contributed by atoms with E-state index in [1.165, 1.54) is 11.6 Å². The molecule has 21 heavy (non-hydrogen) atoms. The lowest BCUT2D eigenvalue weighted by atomic mass is 9.95. The molecule has 0 radical (unpaired) electrons. The molecule has 124 valence electrons. The first-order valence-corrected chi connectivity index (χ1v) is 11.8. The number of hydrogen-bond donors (Lipinski definition) is 1. The normalized spacial score (nSPS) is 25.3. The van der Waals surface area contributed by atoms with Gasteiger partial charge in [0.15, 0.2) is 5.79 Å². The predicted molar refractivity (Wildman–Crippen MR) is 91.3 cm³/mol. The van der Waals surface area contributed by atoms with Gasteiger partial charge in [0.2, 0.25) is 0 Å². The highest BCUT2D eigenvalue weighted by atomic mass is 28.3. The topological polar surface area (TPSA) is 38.7 Å². The van der Waals surface area contributed by atoms with Crippen LogP contribution in [-0.4, -0.2) is 37.3 Å². The van der Waals surface area contributed by atoms with Crippen LogP contribution in [0.1, 0.15) is 47.0 Å². The zero-order valence-corrected chi connectivity index (χ0v) is 16.0. The van der Waals surface area contributed by atoms with Crippen molar-refractivity contribution in [2.75, 3.05) is 6.61 Å². The summed E-state index contributed by atoms with van der Waals surface area (Å²) in [5.74, 6) is -0.484. The highest BCUT2D eigenvalue weighted by Crippen LogP contribution is 2.38. The zero-order chi connectivity index (χ0) is 16.3. The molecule has 0 spiro atoms. The van der Waals surface area contributed by atoms with E-state index < -0.39 is 13.9 Å². The second kappa shape index (κ2) is 6.94. The zero-order valence-electron chi connectivity index (χ0n) is 15.0. The van der Waals surface area contributed by atoms with Crippen molar-refractivity contribution in [1.29, 1.82) is 0 Å². The van der Waals surface area contributed by atoms with Crippen LogP contribution in [0, 0.1) is 0 Å². The third-order valence-electron chi connectivity index (χ3n) is 3.76. The molecule has 0 aliphatic carbocycles. The first-order valence-electron chi connectivity index (χ1n) is 8.12. The Morgan fingerprint density at radius 1 is 1.19 bits per heavy atom.